The van der Waals surface area contributed by atoms with Crippen molar-refractivity contribution in [1.82, 2.24) is 5.32 Å². The van der Waals surface area contributed by atoms with Crippen LogP contribution in [0, 0.1) is 3.57 Å². The van der Waals surface area contributed by atoms with Crippen LogP contribution in [0.5, 0.6) is 5.75 Å². The zero-order valence-electron chi connectivity index (χ0n) is 11.3. The van der Waals surface area contributed by atoms with Gasteiger partial charge in [-0.15, -0.1) is 0 Å². The lowest BCUT2D eigenvalue weighted by Gasteiger charge is -2.11. The molecule has 0 unspecified atom stereocenters. The quantitative estimate of drug-likeness (QED) is 0.731. The minimum Gasteiger partial charge on any atom is -0.495 e. The highest BCUT2D eigenvalue weighted by Gasteiger charge is 2.08. The van der Waals surface area contributed by atoms with Gasteiger partial charge in [0.1, 0.15) is 5.75 Å². The third kappa shape index (κ3) is 4.78. The highest BCUT2D eigenvalue weighted by Crippen LogP contribution is 2.27. The van der Waals surface area contributed by atoms with Crippen molar-refractivity contribution in [2.45, 2.75) is 6.54 Å². The third-order valence-electron chi connectivity index (χ3n) is 2.75. The van der Waals surface area contributed by atoms with Gasteiger partial charge >= 0.3 is 6.03 Å². The fourth-order valence-corrected chi connectivity index (χ4v) is 2.55. The average molecular weight is 417 g/mol. The van der Waals surface area contributed by atoms with E-state index >= 15 is 0 Å². The molecule has 2 amide bonds. The summed E-state index contributed by atoms with van der Waals surface area (Å²) in [6.45, 7) is 0.450. The molecule has 0 heterocycles. The number of methoxy groups -OCH3 is 1. The lowest BCUT2D eigenvalue weighted by Crippen LogP contribution is -2.28. The van der Waals surface area contributed by atoms with Gasteiger partial charge in [0.25, 0.3) is 0 Å². The molecule has 110 valence electrons. The second-order valence-corrected chi connectivity index (χ2v) is 5.96. The number of halogens is 2. The molecule has 0 spiro atoms. The zero-order chi connectivity index (χ0) is 15.2. The monoisotopic (exact) mass is 416 g/mol. The van der Waals surface area contributed by atoms with Gasteiger partial charge in [0, 0.05) is 15.1 Å². The molecule has 0 aliphatic heterocycles. The largest absolute Gasteiger partial charge is 0.495 e. The van der Waals surface area contributed by atoms with Crippen molar-refractivity contribution in [2.75, 3.05) is 12.4 Å². The van der Waals surface area contributed by atoms with E-state index in [0.717, 1.165) is 9.13 Å². The van der Waals surface area contributed by atoms with Gasteiger partial charge in [-0.2, -0.15) is 0 Å². The average Bonchev–Trinajstić information content (AvgIpc) is 2.45. The van der Waals surface area contributed by atoms with Crippen LogP contribution in [0.25, 0.3) is 0 Å². The molecule has 0 bridgehead atoms. The van der Waals surface area contributed by atoms with Crippen LogP contribution in [0.2, 0.25) is 5.02 Å². The van der Waals surface area contributed by atoms with Crippen molar-refractivity contribution in [3.63, 3.8) is 0 Å². The number of ether oxygens (including phenoxy) is 1. The zero-order valence-corrected chi connectivity index (χ0v) is 14.2. The first-order valence-corrected chi connectivity index (χ1v) is 7.67. The molecule has 0 aromatic heterocycles. The molecule has 0 aliphatic rings. The molecule has 0 saturated carbocycles. The number of anilines is 1. The highest BCUT2D eigenvalue weighted by atomic mass is 127. The molecule has 6 heteroatoms. The van der Waals surface area contributed by atoms with Crippen LogP contribution in [0.3, 0.4) is 0 Å². The first kappa shape index (κ1) is 15.9. The Morgan fingerprint density at radius 3 is 2.81 bits per heavy atom. The van der Waals surface area contributed by atoms with E-state index in [0.29, 0.717) is 23.0 Å². The minimum absolute atomic E-state index is 0.311. The molecule has 2 rings (SSSR count). The number of benzene rings is 2. The van der Waals surface area contributed by atoms with Crippen molar-refractivity contribution >= 4 is 45.9 Å². The van der Waals surface area contributed by atoms with Gasteiger partial charge in [-0.3, -0.25) is 0 Å². The molecule has 2 aromatic rings. The van der Waals surface area contributed by atoms with E-state index < -0.39 is 0 Å². The Labute approximate surface area is 142 Å². The molecular weight excluding hydrogens is 403 g/mol. The summed E-state index contributed by atoms with van der Waals surface area (Å²) in [6, 6.07) is 12.7. The lowest BCUT2D eigenvalue weighted by molar-refractivity contribution is 0.251. The van der Waals surface area contributed by atoms with E-state index in [4.69, 9.17) is 16.3 Å². The minimum atomic E-state index is -0.311. The summed E-state index contributed by atoms with van der Waals surface area (Å²) in [5.74, 6) is 0.559. The summed E-state index contributed by atoms with van der Waals surface area (Å²) >= 11 is 8.15. The molecular formula is C15H14ClIN2O2. The van der Waals surface area contributed by atoms with Crippen molar-refractivity contribution in [2.24, 2.45) is 0 Å². The van der Waals surface area contributed by atoms with Crippen LogP contribution in [-0.4, -0.2) is 13.1 Å². The normalized spacial score (nSPS) is 10.0. The second-order valence-electron chi connectivity index (χ2n) is 4.28. The molecule has 0 radical (unpaired) electrons. The fourth-order valence-electron chi connectivity index (χ4n) is 1.77. The Bertz CT molecular complexity index is 649. The fraction of sp³-hybridized carbons (Fsp3) is 0.133. The summed E-state index contributed by atoms with van der Waals surface area (Å²) in [5.41, 5.74) is 1.57. The van der Waals surface area contributed by atoms with Crippen LogP contribution in [0.15, 0.2) is 42.5 Å². The standard InChI is InChI=1S/C15H14ClIN2O2/c1-21-14-6-5-11(16)8-13(14)19-15(20)18-9-10-3-2-4-12(17)7-10/h2-8H,9H2,1H3,(H2,18,19,20). The van der Waals surface area contributed by atoms with Gasteiger partial charge in [-0.25, -0.2) is 4.79 Å². The first-order valence-electron chi connectivity index (χ1n) is 6.21. The van der Waals surface area contributed by atoms with Crippen LogP contribution >= 0.6 is 34.2 Å². The van der Waals surface area contributed by atoms with E-state index in [9.17, 15) is 4.79 Å². The predicted octanol–water partition coefficient (Wildman–Crippen LogP) is 4.27. The van der Waals surface area contributed by atoms with Crippen molar-refractivity contribution in [3.05, 3.63) is 56.6 Å². The van der Waals surface area contributed by atoms with E-state index in [1.165, 1.54) is 7.11 Å². The molecule has 0 fully saturated rings. The summed E-state index contributed by atoms with van der Waals surface area (Å²) in [6.07, 6.45) is 0. The van der Waals surface area contributed by atoms with Crippen LogP contribution in [0.4, 0.5) is 10.5 Å². The first-order chi connectivity index (χ1) is 10.1. The number of rotatable bonds is 4. The Kier molecular flexibility index (Phi) is 5.69. The predicted molar refractivity (Wildman–Crippen MR) is 93.0 cm³/mol. The van der Waals surface area contributed by atoms with Gasteiger partial charge in [0.15, 0.2) is 0 Å². The summed E-state index contributed by atoms with van der Waals surface area (Å²) in [4.78, 5) is 11.9. The van der Waals surface area contributed by atoms with Crippen molar-refractivity contribution in [3.8, 4) is 5.75 Å². The molecule has 0 aliphatic carbocycles. The number of amides is 2. The molecule has 0 atom stereocenters. The highest BCUT2D eigenvalue weighted by molar-refractivity contribution is 14.1. The molecule has 2 aromatic carbocycles. The van der Waals surface area contributed by atoms with Crippen LogP contribution < -0.4 is 15.4 Å². The summed E-state index contributed by atoms with van der Waals surface area (Å²) in [7, 11) is 1.54. The molecule has 21 heavy (non-hydrogen) atoms. The molecule has 0 saturated heterocycles. The lowest BCUT2D eigenvalue weighted by atomic mass is 10.2. The molecule has 2 N–H and O–H groups in total. The van der Waals surface area contributed by atoms with E-state index in [1.807, 2.05) is 24.3 Å². The Morgan fingerprint density at radius 2 is 2.10 bits per heavy atom. The van der Waals surface area contributed by atoms with Gasteiger partial charge in [-0.05, 0) is 58.5 Å². The number of hydrogen-bond donors (Lipinski definition) is 2. The Morgan fingerprint density at radius 1 is 1.29 bits per heavy atom. The summed E-state index contributed by atoms with van der Waals surface area (Å²) in [5, 5.41) is 6.05. The van der Waals surface area contributed by atoms with Gasteiger partial charge in [0.05, 0.1) is 12.8 Å². The Balaban J connectivity index is 1.97. The number of urea groups is 1. The number of nitrogens with one attached hydrogen (secondary N) is 2. The van der Waals surface area contributed by atoms with Gasteiger partial charge < -0.3 is 15.4 Å². The van der Waals surface area contributed by atoms with Gasteiger partial charge in [0.2, 0.25) is 0 Å². The Hall–Kier alpha value is -1.47. The maximum Gasteiger partial charge on any atom is 0.319 e. The SMILES string of the molecule is COc1ccc(Cl)cc1NC(=O)NCc1cccc(I)c1. The number of carbonyl (C=O) groups excluding carboxylic acids is 1. The molecule has 4 nitrogen and oxygen atoms in total. The second kappa shape index (κ2) is 7.51. The van der Waals surface area contributed by atoms with Crippen molar-refractivity contribution < 1.29 is 9.53 Å². The van der Waals surface area contributed by atoms with Crippen LogP contribution in [-0.2, 0) is 6.54 Å². The van der Waals surface area contributed by atoms with Gasteiger partial charge in [-0.1, -0.05) is 23.7 Å². The van der Waals surface area contributed by atoms with E-state index in [-0.39, 0.29) is 6.03 Å². The van der Waals surface area contributed by atoms with E-state index in [1.54, 1.807) is 18.2 Å². The number of hydrogen-bond acceptors (Lipinski definition) is 2. The topological polar surface area (TPSA) is 50.4 Å². The maximum absolute atomic E-state index is 11.9. The third-order valence-corrected chi connectivity index (χ3v) is 3.66. The van der Waals surface area contributed by atoms with Crippen LogP contribution in [0.1, 0.15) is 5.56 Å². The van der Waals surface area contributed by atoms with Crippen molar-refractivity contribution in [1.29, 1.82) is 0 Å². The van der Waals surface area contributed by atoms with E-state index in [2.05, 4.69) is 33.2 Å². The summed E-state index contributed by atoms with van der Waals surface area (Å²) < 4.78 is 6.31. The maximum atomic E-state index is 11.9. The number of carbonyl (C=O) groups is 1. The smallest absolute Gasteiger partial charge is 0.319 e.